The van der Waals surface area contributed by atoms with E-state index in [0.29, 0.717) is 12.8 Å². The lowest BCUT2D eigenvalue weighted by Crippen LogP contribution is -2.52. The molecule has 1 saturated heterocycles. The van der Waals surface area contributed by atoms with Gasteiger partial charge in [-0.05, 0) is 24.5 Å². The molecule has 4 nitrogen and oxygen atoms in total. The number of fused-ring (bicyclic) bond motifs is 1. The third-order valence-corrected chi connectivity index (χ3v) is 3.51. The van der Waals surface area contributed by atoms with E-state index in [1.54, 1.807) is 0 Å². The van der Waals surface area contributed by atoms with E-state index in [1.165, 1.54) is 5.56 Å². The molecule has 2 heterocycles. The molecule has 1 N–H and O–H groups in total. The average molecular weight is 262 g/mol. The van der Waals surface area contributed by atoms with Gasteiger partial charge in [-0.1, -0.05) is 32.0 Å². The molecule has 1 atom stereocenters. The molecule has 3 rings (SSSR count). The summed E-state index contributed by atoms with van der Waals surface area (Å²) in [6, 6.07) is 7.97. The summed E-state index contributed by atoms with van der Waals surface area (Å²) < 4.78 is 0. The molecular formula is C15H22N2O2. The Morgan fingerprint density at radius 1 is 1.21 bits per heavy atom. The van der Waals surface area contributed by atoms with Gasteiger partial charge in [0.15, 0.2) is 0 Å². The number of nitrogens with one attached hydrogen (secondary N) is 1. The Hall–Kier alpha value is -1.84. The molecule has 0 saturated carbocycles. The van der Waals surface area contributed by atoms with Crippen LogP contribution in [0.4, 0.5) is 5.69 Å². The first-order chi connectivity index (χ1) is 9.25. The molecule has 19 heavy (non-hydrogen) atoms. The Morgan fingerprint density at radius 2 is 1.95 bits per heavy atom. The number of benzene rings is 1. The fourth-order valence-electron chi connectivity index (χ4n) is 2.67. The molecule has 4 heteroatoms. The Kier molecular flexibility index (Phi) is 4.20. The van der Waals surface area contributed by atoms with Crippen LogP contribution >= 0.6 is 0 Å². The van der Waals surface area contributed by atoms with Crippen LogP contribution in [0.1, 0.15) is 33.7 Å². The van der Waals surface area contributed by atoms with Crippen molar-refractivity contribution in [2.24, 2.45) is 0 Å². The number of amides is 2. The summed E-state index contributed by atoms with van der Waals surface area (Å²) in [6.45, 7) is 4.87. The second kappa shape index (κ2) is 5.87. The van der Waals surface area contributed by atoms with Gasteiger partial charge in [-0.2, -0.15) is 0 Å². The number of hydrogen-bond acceptors (Lipinski definition) is 3. The number of anilines is 1. The molecule has 1 aromatic carbocycles. The molecule has 0 radical (unpaired) electrons. The lowest BCUT2D eigenvalue weighted by molar-refractivity contribution is -0.134. The first kappa shape index (κ1) is 13.6. The van der Waals surface area contributed by atoms with E-state index in [2.05, 4.69) is 16.3 Å². The van der Waals surface area contributed by atoms with Gasteiger partial charge in [0, 0.05) is 20.1 Å². The third-order valence-electron chi connectivity index (χ3n) is 3.51. The van der Waals surface area contributed by atoms with E-state index in [1.807, 2.05) is 32.0 Å². The Bertz CT molecular complexity index is 491. The summed E-state index contributed by atoms with van der Waals surface area (Å²) in [5.41, 5.74) is 2.43. The highest BCUT2D eigenvalue weighted by Crippen LogP contribution is 2.31. The van der Waals surface area contributed by atoms with Crippen LogP contribution in [0.5, 0.6) is 0 Å². The number of imide groups is 1. The summed E-state index contributed by atoms with van der Waals surface area (Å²) in [5.74, 6) is -0.309. The summed E-state index contributed by atoms with van der Waals surface area (Å²) in [4.78, 5) is 25.1. The first-order valence-corrected chi connectivity index (χ1v) is 6.94. The SMILES string of the molecule is CC.O=C1CCC(N2CCc3ccccc32)C(=O)N1.[HH]. The molecule has 2 aliphatic rings. The Balaban J connectivity index is 0.000000639. The molecule has 0 aliphatic carbocycles. The number of para-hydroxylation sites is 1. The van der Waals surface area contributed by atoms with Crippen molar-refractivity contribution in [3.8, 4) is 0 Å². The van der Waals surface area contributed by atoms with Gasteiger partial charge in [-0.25, -0.2) is 0 Å². The molecule has 104 valence electrons. The number of carbonyl (C=O) groups excluding carboxylic acids is 2. The Labute approximate surface area is 115 Å². The van der Waals surface area contributed by atoms with Crippen LogP contribution < -0.4 is 10.2 Å². The highest BCUT2D eigenvalue weighted by Gasteiger charge is 2.34. The molecule has 2 amide bonds. The number of nitrogens with zero attached hydrogens (tertiary/aromatic N) is 1. The maximum atomic E-state index is 11.8. The molecule has 0 spiro atoms. The van der Waals surface area contributed by atoms with Gasteiger partial charge in [0.25, 0.3) is 0 Å². The molecule has 1 aromatic rings. The predicted molar refractivity (Wildman–Crippen MR) is 77.1 cm³/mol. The van der Waals surface area contributed by atoms with Gasteiger partial charge in [-0.3, -0.25) is 14.9 Å². The normalized spacial score (nSPS) is 21.4. The van der Waals surface area contributed by atoms with Crippen LogP contribution in [-0.2, 0) is 16.0 Å². The minimum Gasteiger partial charge on any atom is -0.359 e. The predicted octanol–water partition coefficient (Wildman–Crippen LogP) is 2.13. The smallest absolute Gasteiger partial charge is 0.249 e. The summed E-state index contributed by atoms with van der Waals surface area (Å²) in [7, 11) is 0. The number of hydrogen-bond donors (Lipinski definition) is 1. The molecule has 0 bridgehead atoms. The second-order valence-corrected chi connectivity index (χ2v) is 4.54. The van der Waals surface area contributed by atoms with Gasteiger partial charge in [0.1, 0.15) is 6.04 Å². The summed E-state index contributed by atoms with van der Waals surface area (Å²) >= 11 is 0. The van der Waals surface area contributed by atoms with E-state index < -0.39 is 0 Å². The van der Waals surface area contributed by atoms with Crippen molar-refractivity contribution < 1.29 is 11.0 Å². The topological polar surface area (TPSA) is 49.4 Å². The molecule has 1 unspecified atom stereocenters. The van der Waals surface area contributed by atoms with E-state index in [-0.39, 0.29) is 19.3 Å². The van der Waals surface area contributed by atoms with Gasteiger partial charge >= 0.3 is 0 Å². The zero-order valence-corrected chi connectivity index (χ0v) is 11.5. The zero-order valence-electron chi connectivity index (χ0n) is 11.5. The van der Waals surface area contributed by atoms with Crippen molar-refractivity contribution >= 4 is 17.5 Å². The van der Waals surface area contributed by atoms with E-state index in [9.17, 15) is 9.59 Å². The lowest BCUT2D eigenvalue weighted by Gasteiger charge is -2.31. The van der Waals surface area contributed by atoms with Crippen molar-refractivity contribution in [3.05, 3.63) is 29.8 Å². The zero-order chi connectivity index (χ0) is 13.8. The monoisotopic (exact) mass is 262 g/mol. The molecular weight excluding hydrogens is 240 g/mol. The number of rotatable bonds is 1. The highest BCUT2D eigenvalue weighted by atomic mass is 16.2. The first-order valence-electron chi connectivity index (χ1n) is 6.94. The minimum atomic E-state index is -0.184. The fraction of sp³-hybridized carbons (Fsp3) is 0.467. The van der Waals surface area contributed by atoms with Crippen molar-refractivity contribution in [1.82, 2.24) is 5.32 Å². The quantitative estimate of drug-likeness (QED) is 0.789. The maximum absolute atomic E-state index is 11.8. The Morgan fingerprint density at radius 3 is 2.68 bits per heavy atom. The average Bonchev–Trinajstić information content (AvgIpc) is 2.85. The van der Waals surface area contributed by atoms with Crippen molar-refractivity contribution in [2.45, 2.75) is 39.2 Å². The van der Waals surface area contributed by atoms with E-state index in [0.717, 1.165) is 18.7 Å². The van der Waals surface area contributed by atoms with Gasteiger partial charge in [0.2, 0.25) is 11.8 Å². The minimum absolute atomic E-state index is 0. The molecule has 1 fully saturated rings. The maximum Gasteiger partial charge on any atom is 0.249 e. The lowest BCUT2D eigenvalue weighted by atomic mass is 10.0. The van der Waals surface area contributed by atoms with Crippen molar-refractivity contribution in [2.75, 3.05) is 11.4 Å². The van der Waals surface area contributed by atoms with E-state index in [4.69, 9.17) is 0 Å². The van der Waals surface area contributed by atoms with Crippen LogP contribution in [0.25, 0.3) is 0 Å². The highest BCUT2D eigenvalue weighted by molar-refractivity contribution is 6.01. The largest absolute Gasteiger partial charge is 0.359 e. The van der Waals surface area contributed by atoms with Gasteiger partial charge in [-0.15, -0.1) is 0 Å². The third kappa shape index (κ3) is 2.62. The molecule has 0 aromatic heterocycles. The summed E-state index contributed by atoms with van der Waals surface area (Å²) in [5, 5.41) is 2.42. The van der Waals surface area contributed by atoms with Crippen LogP contribution in [0, 0.1) is 0 Å². The van der Waals surface area contributed by atoms with E-state index >= 15 is 0 Å². The van der Waals surface area contributed by atoms with Gasteiger partial charge < -0.3 is 4.90 Å². The second-order valence-electron chi connectivity index (χ2n) is 4.54. The standard InChI is InChI=1S/C13H14N2O2.C2H6.H2/c16-12-6-5-11(13(17)14-12)15-8-7-9-3-1-2-4-10(9)15;1-2;/h1-4,11H,5-8H2,(H,14,16,17);1-2H3;1H. The fourth-order valence-corrected chi connectivity index (χ4v) is 2.67. The van der Waals surface area contributed by atoms with Crippen LogP contribution in [-0.4, -0.2) is 24.4 Å². The van der Waals surface area contributed by atoms with Crippen molar-refractivity contribution in [1.29, 1.82) is 0 Å². The van der Waals surface area contributed by atoms with Crippen LogP contribution in [0.2, 0.25) is 0 Å². The number of carbonyl (C=O) groups is 2. The number of piperidine rings is 1. The van der Waals surface area contributed by atoms with Crippen molar-refractivity contribution in [3.63, 3.8) is 0 Å². The van der Waals surface area contributed by atoms with Gasteiger partial charge in [0.05, 0.1) is 0 Å². The van der Waals surface area contributed by atoms with Crippen LogP contribution in [0.15, 0.2) is 24.3 Å². The van der Waals surface area contributed by atoms with Crippen LogP contribution in [0.3, 0.4) is 0 Å². The molecule has 2 aliphatic heterocycles. The summed E-state index contributed by atoms with van der Waals surface area (Å²) in [6.07, 6.45) is 2.04.